The van der Waals surface area contributed by atoms with E-state index in [1.54, 1.807) is 35.2 Å². The van der Waals surface area contributed by atoms with Crippen LogP contribution in [0.2, 0.25) is 0 Å². The van der Waals surface area contributed by atoms with Crippen molar-refractivity contribution in [3.8, 4) is 11.5 Å². The summed E-state index contributed by atoms with van der Waals surface area (Å²) >= 11 is 0. The zero-order chi connectivity index (χ0) is 17.4. The number of benzene rings is 2. The predicted octanol–water partition coefficient (Wildman–Crippen LogP) is 2.68. The molecule has 2 aliphatic heterocycles. The summed E-state index contributed by atoms with van der Waals surface area (Å²) in [6.45, 7) is 1.92. The lowest BCUT2D eigenvalue weighted by molar-refractivity contribution is 0.0540. The second-order valence-electron chi connectivity index (χ2n) is 6.34. The van der Waals surface area contributed by atoms with E-state index < -0.39 is 0 Å². The molecule has 130 valence electrons. The Morgan fingerprint density at radius 1 is 1.12 bits per heavy atom. The van der Waals surface area contributed by atoms with Gasteiger partial charge < -0.3 is 14.4 Å². The van der Waals surface area contributed by atoms with Crippen molar-refractivity contribution in [1.29, 1.82) is 0 Å². The van der Waals surface area contributed by atoms with Crippen molar-refractivity contribution in [3.63, 3.8) is 0 Å². The molecular weight excluding hydrogens is 323 g/mol. The van der Waals surface area contributed by atoms with Crippen LogP contribution in [0, 0.1) is 5.82 Å². The molecule has 0 spiro atoms. The monoisotopic (exact) mass is 342 g/mol. The fraction of sp³-hybridized carbons (Fsp3) is 0.316. The molecule has 6 heteroatoms. The van der Waals surface area contributed by atoms with Gasteiger partial charge in [-0.25, -0.2) is 4.39 Å². The van der Waals surface area contributed by atoms with Crippen LogP contribution in [0.25, 0.3) is 0 Å². The number of halogens is 1. The summed E-state index contributed by atoms with van der Waals surface area (Å²) in [6, 6.07) is 11.8. The van der Waals surface area contributed by atoms with Crippen LogP contribution in [-0.2, 0) is 0 Å². The standard InChI is InChI=1S/C19H19FN2O3/c1-21-8-9-22(11-16(21)14-4-2-3-5-15(14)20)19(23)13-6-7-17-18(10-13)25-12-24-17/h2-7,10,16H,8-9,11-12H2,1H3. The molecule has 0 radical (unpaired) electrons. The minimum atomic E-state index is -0.239. The van der Waals surface area contributed by atoms with Gasteiger partial charge in [0.15, 0.2) is 11.5 Å². The van der Waals surface area contributed by atoms with Crippen LogP contribution in [0.4, 0.5) is 4.39 Å². The first-order valence-electron chi connectivity index (χ1n) is 8.27. The van der Waals surface area contributed by atoms with Crippen LogP contribution in [-0.4, -0.2) is 49.2 Å². The van der Waals surface area contributed by atoms with Crippen molar-refractivity contribution >= 4 is 5.91 Å². The van der Waals surface area contributed by atoms with Gasteiger partial charge in [0.2, 0.25) is 6.79 Å². The summed E-state index contributed by atoms with van der Waals surface area (Å²) in [5, 5.41) is 0. The van der Waals surface area contributed by atoms with Crippen LogP contribution < -0.4 is 9.47 Å². The Morgan fingerprint density at radius 3 is 2.76 bits per heavy atom. The third-order valence-corrected chi connectivity index (χ3v) is 4.82. The topological polar surface area (TPSA) is 42.0 Å². The Bertz CT molecular complexity index is 811. The highest BCUT2D eigenvalue weighted by atomic mass is 19.1. The maximum atomic E-state index is 14.2. The SMILES string of the molecule is CN1CCN(C(=O)c2ccc3c(c2)OCO3)CC1c1ccccc1F. The van der Waals surface area contributed by atoms with Crippen LogP contribution >= 0.6 is 0 Å². The summed E-state index contributed by atoms with van der Waals surface area (Å²) in [5.41, 5.74) is 1.18. The van der Waals surface area contributed by atoms with Crippen LogP contribution in [0.15, 0.2) is 42.5 Å². The molecule has 1 atom stereocenters. The molecule has 1 amide bonds. The van der Waals surface area contributed by atoms with Gasteiger partial charge in [-0.3, -0.25) is 9.69 Å². The molecule has 2 heterocycles. The van der Waals surface area contributed by atoms with E-state index >= 15 is 0 Å². The average Bonchev–Trinajstić information content (AvgIpc) is 3.10. The third-order valence-electron chi connectivity index (χ3n) is 4.82. The fourth-order valence-electron chi connectivity index (χ4n) is 3.35. The highest BCUT2D eigenvalue weighted by Crippen LogP contribution is 2.33. The number of carbonyl (C=O) groups excluding carboxylic acids is 1. The zero-order valence-corrected chi connectivity index (χ0v) is 13.9. The Balaban J connectivity index is 1.56. The van der Waals surface area contributed by atoms with E-state index in [0.29, 0.717) is 42.3 Å². The number of fused-ring (bicyclic) bond motifs is 1. The number of rotatable bonds is 2. The Morgan fingerprint density at radius 2 is 1.92 bits per heavy atom. The van der Waals surface area contributed by atoms with Gasteiger partial charge in [0.1, 0.15) is 5.82 Å². The number of hydrogen-bond acceptors (Lipinski definition) is 4. The molecule has 0 aliphatic carbocycles. The molecular formula is C19H19FN2O3. The number of amides is 1. The molecule has 1 unspecified atom stereocenters. The quantitative estimate of drug-likeness (QED) is 0.842. The van der Waals surface area contributed by atoms with E-state index in [2.05, 4.69) is 4.90 Å². The molecule has 2 aliphatic rings. The van der Waals surface area contributed by atoms with E-state index in [1.807, 2.05) is 13.1 Å². The van der Waals surface area contributed by atoms with Crippen LogP contribution in [0.3, 0.4) is 0 Å². The fourth-order valence-corrected chi connectivity index (χ4v) is 3.35. The van der Waals surface area contributed by atoms with E-state index in [9.17, 15) is 9.18 Å². The number of piperazine rings is 1. The normalized spacial score (nSPS) is 19.9. The van der Waals surface area contributed by atoms with Gasteiger partial charge in [0.05, 0.1) is 6.04 Å². The van der Waals surface area contributed by atoms with Crippen molar-refractivity contribution in [2.75, 3.05) is 33.5 Å². The molecule has 4 rings (SSSR count). The number of nitrogens with zero attached hydrogens (tertiary/aromatic N) is 2. The maximum Gasteiger partial charge on any atom is 0.254 e. The number of hydrogen-bond donors (Lipinski definition) is 0. The Labute approximate surface area is 145 Å². The molecule has 2 aromatic carbocycles. The summed E-state index contributed by atoms with van der Waals surface area (Å²) in [6.07, 6.45) is 0. The number of likely N-dealkylation sites (N-methyl/N-ethyl adjacent to an activating group) is 1. The summed E-state index contributed by atoms with van der Waals surface area (Å²) in [7, 11) is 1.96. The first-order chi connectivity index (χ1) is 12.1. The smallest absolute Gasteiger partial charge is 0.254 e. The van der Waals surface area contributed by atoms with Crippen LogP contribution in [0.5, 0.6) is 11.5 Å². The van der Waals surface area contributed by atoms with Crippen molar-refractivity contribution in [2.24, 2.45) is 0 Å². The molecule has 25 heavy (non-hydrogen) atoms. The van der Waals surface area contributed by atoms with Gasteiger partial charge in [-0.1, -0.05) is 18.2 Å². The molecule has 0 N–H and O–H groups in total. The van der Waals surface area contributed by atoms with Gasteiger partial charge in [-0.05, 0) is 31.3 Å². The number of carbonyl (C=O) groups is 1. The van der Waals surface area contributed by atoms with Gasteiger partial charge in [-0.15, -0.1) is 0 Å². The second kappa shape index (κ2) is 6.37. The van der Waals surface area contributed by atoms with Gasteiger partial charge >= 0.3 is 0 Å². The van der Waals surface area contributed by atoms with Crippen molar-refractivity contribution in [1.82, 2.24) is 9.80 Å². The molecule has 0 bridgehead atoms. The first kappa shape index (κ1) is 15.9. The lowest BCUT2D eigenvalue weighted by atomic mass is 10.0. The van der Waals surface area contributed by atoms with E-state index in [-0.39, 0.29) is 24.6 Å². The maximum absolute atomic E-state index is 14.2. The third kappa shape index (κ3) is 2.93. The van der Waals surface area contributed by atoms with E-state index in [0.717, 1.165) is 0 Å². The summed E-state index contributed by atoms with van der Waals surface area (Å²) in [4.78, 5) is 16.7. The first-order valence-corrected chi connectivity index (χ1v) is 8.27. The van der Waals surface area contributed by atoms with Crippen molar-refractivity contribution in [2.45, 2.75) is 6.04 Å². The zero-order valence-electron chi connectivity index (χ0n) is 13.9. The predicted molar refractivity (Wildman–Crippen MR) is 90.2 cm³/mol. The summed E-state index contributed by atoms with van der Waals surface area (Å²) in [5.74, 6) is 0.925. The lowest BCUT2D eigenvalue weighted by Crippen LogP contribution is -2.49. The van der Waals surface area contributed by atoms with E-state index in [4.69, 9.17) is 9.47 Å². The molecule has 1 saturated heterocycles. The molecule has 0 saturated carbocycles. The average molecular weight is 342 g/mol. The minimum Gasteiger partial charge on any atom is -0.454 e. The minimum absolute atomic E-state index is 0.0762. The second-order valence-corrected chi connectivity index (χ2v) is 6.34. The highest BCUT2D eigenvalue weighted by molar-refractivity contribution is 5.95. The lowest BCUT2D eigenvalue weighted by Gasteiger charge is -2.39. The van der Waals surface area contributed by atoms with Crippen LogP contribution in [0.1, 0.15) is 22.0 Å². The van der Waals surface area contributed by atoms with Gasteiger partial charge in [-0.2, -0.15) is 0 Å². The Kier molecular flexibility index (Phi) is 4.05. The van der Waals surface area contributed by atoms with Crippen molar-refractivity contribution in [3.05, 3.63) is 59.4 Å². The molecule has 0 aromatic heterocycles. The van der Waals surface area contributed by atoms with E-state index in [1.165, 1.54) is 6.07 Å². The van der Waals surface area contributed by atoms with Crippen molar-refractivity contribution < 1.29 is 18.7 Å². The Hall–Kier alpha value is -2.60. The molecule has 2 aromatic rings. The summed E-state index contributed by atoms with van der Waals surface area (Å²) < 4.78 is 24.8. The van der Waals surface area contributed by atoms with Gasteiger partial charge in [0, 0.05) is 30.8 Å². The molecule has 5 nitrogen and oxygen atoms in total. The molecule has 1 fully saturated rings. The van der Waals surface area contributed by atoms with Gasteiger partial charge in [0.25, 0.3) is 5.91 Å². The largest absolute Gasteiger partial charge is 0.454 e. The highest BCUT2D eigenvalue weighted by Gasteiger charge is 2.31. The number of ether oxygens (including phenoxy) is 2.